The van der Waals surface area contributed by atoms with Crippen LogP contribution in [0, 0.1) is 16.0 Å². The molecule has 0 amide bonds. The minimum atomic E-state index is -0.328. The van der Waals surface area contributed by atoms with Gasteiger partial charge in [-0.2, -0.15) is 0 Å². The monoisotopic (exact) mass is 272 g/mol. The number of nitro benzene ring substituents is 1. The van der Waals surface area contributed by atoms with Gasteiger partial charge in [0, 0.05) is 23.7 Å². The smallest absolute Gasteiger partial charge is 0.277 e. The highest BCUT2D eigenvalue weighted by atomic mass is 16.6. The van der Waals surface area contributed by atoms with Gasteiger partial charge < -0.3 is 5.32 Å². The maximum absolute atomic E-state index is 11.1. The normalized spacial score (nSPS) is 12.3. The van der Waals surface area contributed by atoms with Gasteiger partial charge in [0.05, 0.1) is 10.3 Å². The standard InChI is InChI=1S/C16H20N2O2/c1-3-12(2)10-11-17-15-8-9-16(18(19)20)14-7-5-4-6-13(14)15/h4-9,12,17H,3,10-11H2,1-2H3. The second-order valence-electron chi connectivity index (χ2n) is 5.16. The summed E-state index contributed by atoms with van der Waals surface area (Å²) in [5.41, 5.74) is 1.13. The van der Waals surface area contributed by atoms with E-state index in [2.05, 4.69) is 19.2 Å². The maximum Gasteiger partial charge on any atom is 0.277 e. The van der Waals surface area contributed by atoms with Crippen molar-refractivity contribution in [3.05, 3.63) is 46.5 Å². The number of hydrogen-bond donors (Lipinski definition) is 1. The largest absolute Gasteiger partial charge is 0.385 e. The summed E-state index contributed by atoms with van der Waals surface area (Å²) in [7, 11) is 0. The van der Waals surface area contributed by atoms with E-state index in [0.29, 0.717) is 11.3 Å². The van der Waals surface area contributed by atoms with E-state index in [9.17, 15) is 10.1 Å². The van der Waals surface area contributed by atoms with Gasteiger partial charge in [0.2, 0.25) is 0 Å². The molecule has 0 aliphatic heterocycles. The van der Waals surface area contributed by atoms with Gasteiger partial charge in [-0.3, -0.25) is 10.1 Å². The molecule has 0 spiro atoms. The first-order chi connectivity index (χ1) is 9.63. The average molecular weight is 272 g/mol. The molecule has 0 aromatic heterocycles. The molecule has 2 aromatic carbocycles. The van der Waals surface area contributed by atoms with Crippen LogP contribution in [0.5, 0.6) is 0 Å². The lowest BCUT2D eigenvalue weighted by atomic mass is 10.0. The fourth-order valence-electron chi connectivity index (χ4n) is 2.25. The Bertz CT molecular complexity index is 610. The van der Waals surface area contributed by atoms with Crippen molar-refractivity contribution in [1.29, 1.82) is 0 Å². The van der Waals surface area contributed by atoms with Crippen LogP contribution >= 0.6 is 0 Å². The summed E-state index contributed by atoms with van der Waals surface area (Å²) in [4.78, 5) is 10.7. The second kappa shape index (κ2) is 6.37. The molecule has 20 heavy (non-hydrogen) atoms. The average Bonchev–Trinajstić information content (AvgIpc) is 2.46. The zero-order chi connectivity index (χ0) is 14.5. The lowest BCUT2D eigenvalue weighted by Gasteiger charge is -2.12. The number of nitro groups is 1. The molecule has 106 valence electrons. The van der Waals surface area contributed by atoms with E-state index in [1.54, 1.807) is 18.2 Å². The Morgan fingerprint density at radius 3 is 2.55 bits per heavy atom. The van der Waals surface area contributed by atoms with Gasteiger partial charge in [0.1, 0.15) is 0 Å². The molecule has 0 bridgehead atoms. The van der Waals surface area contributed by atoms with Crippen molar-refractivity contribution in [2.45, 2.75) is 26.7 Å². The van der Waals surface area contributed by atoms with E-state index in [4.69, 9.17) is 0 Å². The molecule has 0 radical (unpaired) electrons. The van der Waals surface area contributed by atoms with Gasteiger partial charge in [0.25, 0.3) is 5.69 Å². The molecule has 0 saturated heterocycles. The van der Waals surface area contributed by atoms with Crippen LogP contribution in [0.4, 0.5) is 11.4 Å². The number of nitrogens with one attached hydrogen (secondary N) is 1. The molecule has 1 atom stereocenters. The Hall–Kier alpha value is -2.10. The summed E-state index contributed by atoms with van der Waals surface area (Å²) in [6, 6.07) is 10.8. The lowest BCUT2D eigenvalue weighted by molar-refractivity contribution is -0.383. The van der Waals surface area contributed by atoms with Crippen molar-refractivity contribution in [1.82, 2.24) is 0 Å². The first-order valence-corrected chi connectivity index (χ1v) is 7.03. The molecular formula is C16H20N2O2. The molecule has 1 unspecified atom stereocenters. The lowest BCUT2D eigenvalue weighted by Crippen LogP contribution is -2.06. The number of fused-ring (bicyclic) bond motifs is 1. The second-order valence-corrected chi connectivity index (χ2v) is 5.16. The zero-order valence-corrected chi connectivity index (χ0v) is 11.9. The predicted molar refractivity (Wildman–Crippen MR) is 83.2 cm³/mol. The van der Waals surface area contributed by atoms with Gasteiger partial charge in [-0.1, -0.05) is 38.5 Å². The SMILES string of the molecule is CCC(C)CCNc1ccc([N+](=O)[O-])c2ccccc12. The van der Waals surface area contributed by atoms with Crippen LogP contribution in [0.1, 0.15) is 26.7 Å². The summed E-state index contributed by atoms with van der Waals surface area (Å²) in [5, 5.41) is 16.0. The zero-order valence-electron chi connectivity index (χ0n) is 11.9. The molecule has 0 aliphatic carbocycles. The Morgan fingerprint density at radius 1 is 1.20 bits per heavy atom. The topological polar surface area (TPSA) is 55.2 Å². The van der Waals surface area contributed by atoms with Crippen LogP contribution in [0.2, 0.25) is 0 Å². The first-order valence-electron chi connectivity index (χ1n) is 7.03. The highest BCUT2D eigenvalue weighted by Gasteiger charge is 2.13. The van der Waals surface area contributed by atoms with E-state index in [1.165, 1.54) is 6.42 Å². The molecular weight excluding hydrogens is 252 g/mol. The van der Waals surface area contributed by atoms with Crippen LogP contribution in [-0.2, 0) is 0 Å². The number of rotatable bonds is 6. The van der Waals surface area contributed by atoms with Crippen LogP contribution in [-0.4, -0.2) is 11.5 Å². The Kier molecular flexibility index (Phi) is 4.56. The van der Waals surface area contributed by atoms with Crippen molar-refractivity contribution in [2.24, 2.45) is 5.92 Å². The minimum absolute atomic E-state index is 0.160. The Balaban J connectivity index is 2.27. The maximum atomic E-state index is 11.1. The predicted octanol–water partition coefficient (Wildman–Crippen LogP) is 4.60. The third kappa shape index (κ3) is 3.07. The van der Waals surface area contributed by atoms with Crippen molar-refractivity contribution in [3.8, 4) is 0 Å². The third-order valence-electron chi connectivity index (χ3n) is 3.75. The first kappa shape index (κ1) is 14.3. The molecule has 0 heterocycles. The van der Waals surface area contributed by atoms with Crippen LogP contribution < -0.4 is 5.32 Å². The molecule has 0 aliphatic rings. The van der Waals surface area contributed by atoms with Gasteiger partial charge in [-0.15, -0.1) is 0 Å². The number of anilines is 1. The molecule has 1 N–H and O–H groups in total. The minimum Gasteiger partial charge on any atom is -0.385 e. The fourth-order valence-corrected chi connectivity index (χ4v) is 2.25. The quantitative estimate of drug-likeness (QED) is 0.617. The van der Waals surface area contributed by atoms with Crippen molar-refractivity contribution in [2.75, 3.05) is 11.9 Å². The van der Waals surface area contributed by atoms with E-state index >= 15 is 0 Å². The van der Waals surface area contributed by atoms with Gasteiger partial charge in [-0.05, 0) is 24.5 Å². The Morgan fingerprint density at radius 2 is 1.90 bits per heavy atom. The number of non-ortho nitro benzene ring substituents is 1. The summed E-state index contributed by atoms with van der Waals surface area (Å²) < 4.78 is 0. The van der Waals surface area contributed by atoms with Gasteiger partial charge >= 0.3 is 0 Å². The van der Waals surface area contributed by atoms with Crippen LogP contribution in [0.25, 0.3) is 10.8 Å². The highest BCUT2D eigenvalue weighted by Crippen LogP contribution is 2.31. The molecule has 0 fully saturated rings. The molecule has 4 heteroatoms. The van der Waals surface area contributed by atoms with Crippen LogP contribution in [0.3, 0.4) is 0 Å². The van der Waals surface area contributed by atoms with Crippen molar-refractivity contribution < 1.29 is 4.92 Å². The summed E-state index contributed by atoms with van der Waals surface area (Å²) in [5.74, 6) is 0.687. The number of nitrogens with zero attached hydrogens (tertiary/aromatic N) is 1. The summed E-state index contributed by atoms with van der Waals surface area (Å²) in [6.07, 6.45) is 2.27. The van der Waals surface area contributed by atoms with Crippen LogP contribution in [0.15, 0.2) is 36.4 Å². The molecule has 2 aromatic rings. The van der Waals surface area contributed by atoms with Crippen molar-refractivity contribution in [3.63, 3.8) is 0 Å². The third-order valence-corrected chi connectivity index (χ3v) is 3.75. The van der Waals surface area contributed by atoms with Crippen molar-refractivity contribution >= 4 is 22.1 Å². The number of hydrogen-bond acceptors (Lipinski definition) is 3. The van der Waals surface area contributed by atoms with Gasteiger partial charge in [0.15, 0.2) is 0 Å². The highest BCUT2D eigenvalue weighted by molar-refractivity contribution is 5.99. The fraction of sp³-hybridized carbons (Fsp3) is 0.375. The van der Waals surface area contributed by atoms with E-state index in [-0.39, 0.29) is 10.6 Å². The van der Waals surface area contributed by atoms with E-state index in [1.807, 2.05) is 18.2 Å². The summed E-state index contributed by atoms with van der Waals surface area (Å²) >= 11 is 0. The molecule has 2 rings (SSSR count). The molecule has 4 nitrogen and oxygen atoms in total. The molecule has 0 saturated carbocycles. The Labute approximate surface area is 119 Å². The van der Waals surface area contributed by atoms with E-state index < -0.39 is 0 Å². The van der Waals surface area contributed by atoms with Gasteiger partial charge in [-0.25, -0.2) is 0 Å². The van der Waals surface area contributed by atoms with E-state index in [0.717, 1.165) is 24.0 Å². The number of benzene rings is 2. The summed E-state index contributed by atoms with van der Waals surface area (Å²) in [6.45, 7) is 5.30.